The Labute approximate surface area is 345 Å². The molecule has 0 saturated heterocycles. The molecule has 0 bridgehead atoms. The number of hydrogen-bond donors (Lipinski definition) is 0. The van der Waals surface area contributed by atoms with Crippen molar-refractivity contribution in [3.05, 3.63) is 212 Å². The predicted octanol–water partition coefficient (Wildman–Crippen LogP) is 15.3. The van der Waals surface area contributed by atoms with Gasteiger partial charge in [-0.1, -0.05) is 127 Å². The molecular formula is C55H35N3O2. The van der Waals surface area contributed by atoms with Gasteiger partial charge in [0.2, 0.25) is 5.89 Å². The molecule has 0 atom stereocenters. The van der Waals surface area contributed by atoms with Crippen molar-refractivity contribution in [3.8, 4) is 39.4 Å². The Bertz CT molecular complexity index is 3530. The first-order valence-electron chi connectivity index (χ1n) is 20.2. The molecule has 0 spiro atoms. The van der Waals surface area contributed by atoms with Crippen molar-refractivity contribution in [3.63, 3.8) is 0 Å². The number of hydrogen-bond acceptors (Lipinski definition) is 4. The molecule has 3 aromatic heterocycles. The van der Waals surface area contributed by atoms with E-state index in [0.29, 0.717) is 5.89 Å². The van der Waals surface area contributed by atoms with Crippen LogP contribution in [0.3, 0.4) is 0 Å². The average Bonchev–Trinajstić information content (AvgIpc) is 4.02. The number of fused-ring (bicyclic) bond motifs is 8. The minimum Gasteiger partial charge on any atom is -0.456 e. The lowest BCUT2D eigenvalue weighted by molar-refractivity contribution is 0.619. The molecule has 12 aromatic rings. The highest BCUT2D eigenvalue weighted by atomic mass is 16.4. The highest BCUT2D eigenvalue weighted by molar-refractivity contribution is 6.17. The Kier molecular flexibility index (Phi) is 7.78. The number of rotatable bonds is 7. The second kappa shape index (κ2) is 13.8. The number of benzene rings is 9. The lowest BCUT2D eigenvalue weighted by atomic mass is 10.0. The molecule has 0 aliphatic rings. The van der Waals surface area contributed by atoms with Crippen molar-refractivity contribution < 1.29 is 8.83 Å². The van der Waals surface area contributed by atoms with Crippen LogP contribution in [0.15, 0.2) is 221 Å². The van der Waals surface area contributed by atoms with Gasteiger partial charge in [-0.15, -0.1) is 0 Å². The number of para-hydroxylation sites is 3. The van der Waals surface area contributed by atoms with Crippen LogP contribution in [-0.4, -0.2) is 9.55 Å². The van der Waals surface area contributed by atoms with Gasteiger partial charge in [0.25, 0.3) is 0 Å². The third-order valence-electron chi connectivity index (χ3n) is 11.6. The summed E-state index contributed by atoms with van der Waals surface area (Å²) in [5, 5.41) is 4.39. The van der Waals surface area contributed by atoms with Crippen molar-refractivity contribution >= 4 is 71.9 Å². The van der Waals surface area contributed by atoms with E-state index in [2.05, 4.69) is 179 Å². The Morgan fingerprint density at radius 3 is 1.85 bits per heavy atom. The van der Waals surface area contributed by atoms with E-state index in [1.807, 2.05) is 42.5 Å². The van der Waals surface area contributed by atoms with Crippen molar-refractivity contribution in [2.24, 2.45) is 0 Å². The summed E-state index contributed by atoms with van der Waals surface area (Å²) >= 11 is 0. The van der Waals surface area contributed by atoms with Crippen molar-refractivity contribution in [2.75, 3.05) is 4.90 Å². The Balaban J connectivity index is 1.00. The lowest BCUT2D eigenvalue weighted by Crippen LogP contribution is -2.11. The average molecular weight is 770 g/mol. The van der Waals surface area contributed by atoms with Gasteiger partial charge in [0.15, 0.2) is 5.58 Å². The van der Waals surface area contributed by atoms with Gasteiger partial charge in [-0.2, -0.15) is 0 Å². The highest BCUT2D eigenvalue weighted by Gasteiger charge is 2.22. The van der Waals surface area contributed by atoms with Gasteiger partial charge >= 0.3 is 0 Å². The van der Waals surface area contributed by atoms with E-state index < -0.39 is 0 Å². The van der Waals surface area contributed by atoms with Crippen molar-refractivity contribution in [1.29, 1.82) is 0 Å². The minimum atomic E-state index is 0.600. The maximum Gasteiger partial charge on any atom is 0.227 e. The van der Waals surface area contributed by atoms with Crippen LogP contribution in [0.4, 0.5) is 17.1 Å². The summed E-state index contributed by atoms with van der Waals surface area (Å²) in [7, 11) is 0. The van der Waals surface area contributed by atoms with E-state index >= 15 is 0 Å². The largest absolute Gasteiger partial charge is 0.456 e. The zero-order valence-electron chi connectivity index (χ0n) is 32.4. The number of anilines is 3. The second-order valence-corrected chi connectivity index (χ2v) is 15.1. The first-order valence-corrected chi connectivity index (χ1v) is 20.2. The number of aromatic nitrogens is 2. The lowest BCUT2D eigenvalue weighted by Gasteiger charge is -2.28. The molecule has 60 heavy (non-hydrogen) atoms. The summed E-state index contributed by atoms with van der Waals surface area (Å²) < 4.78 is 15.1. The molecule has 0 unspecified atom stereocenters. The summed E-state index contributed by atoms with van der Waals surface area (Å²) in [5.41, 5.74) is 15.2. The topological polar surface area (TPSA) is 47.3 Å². The van der Waals surface area contributed by atoms with Crippen LogP contribution in [0, 0.1) is 0 Å². The van der Waals surface area contributed by atoms with Crippen LogP contribution >= 0.6 is 0 Å². The van der Waals surface area contributed by atoms with Gasteiger partial charge in [0, 0.05) is 38.8 Å². The minimum absolute atomic E-state index is 0.600. The molecule has 0 N–H and O–H groups in total. The first kappa shape index (κ1) is 33.9. The molecule has 0 aliphatic carbocycles. The molecule has 282 valence electrons. The summed E-state index contributed by atoms with van der Waals surface area (Å²) in [6.07, 6.45) is 0. The van der Waals surface area contributed by atoms with Crippen LogP contribution in [0.5, 0.6) is 0 Å². The molecule has 5 nitrogen and oxygen atoms in total. The Morgan fingerprint density at radius 1 is 0.400 bits per heavy atom. The van der Waals surface area contributed by atoms with Gasteiger partial charge in [0.05, 0.1) is 22.1 Å². The van der Waals surface area contributed by atoms with Gasteiger partial charge < -0.3 is 18.3 Å². The molecule has 5 heteroatoms. The third-order valence-corrected chi connectivity index (χ3v) is 11.6. The fourth-order valence-corrected chi connectivity index (χ4v) is 8.85. The smallest absolute Gasteiger partial charge is 0.227 e. The van der Waals surface area contributed by atoms with E-state index in [9.17, 15) is 0 Å². The second-order valence-electron chi connectivity index (χ2n) is 15.1. The molecule has 0 saturated carbocycles. The maximum absolute atomic E-state index is 6.48. The van der Waals surface area contributed by atoms with Crippen LogP contribution in [-0.2, 0) is 0 Å². The fraction of sp³-hybridized carbons (Fsp3) is 0. The molecule has 0 radical (unpaired) electrons. The molecule has 0 fully saturated rings. The van der Waals surface area contributed by atoms with E-state index in [4.69, 9.17) is 13.8 Å². The van der Waals surface area contributed by atoms with Gasteiger partial charge in [0.1, 0.15) is 16.7 Å². The number of furan rings is 1. The Morgan fingerprint density at radius 2 is 1.03 bits per heavy atom. The fourth-order valence-electron chi connectivity index (χ4n) is 8.85. The standard InChI is InChI=1S/C55H35N3O2/c1-4-14-36(15-5-1)39-18-12-21-43(34-39)57(48-25-13-23-45-44-22-10-11-24-47(44)58(54(45)48)41-19-8-3-9-20-41)42-29-26-37(27-30-42)40-28-31-46-51(35-40)59-49-32-33-50-53(52(46)49)56-55(60-50)38-16-6-2-7-17-38/h1-35H. The van der Waals surface area contributed by atoms with Gasteiger partial charge in [-0.05, 0) is 107 Å². The van der Waals surface area contributed by atoms with E-state index in [1.165, 1.54) is 21.9 Å². The van der Waals surface area contributed by atoms with Gasteiger partial charge in [-0.25, -0.2) is 4.98 Å². The SMILES string of the molecule is c1ccc(-c2cccc(N(c3ccc(-c4ccc5c(c4)oc4ccc6oc(-c7ccccc7)nc6c45)cc3)c3cccc4c5ccccc5n(-c5ccccc5)c34)c2)cc1. The molecular weight excluding hydrogens is 735 g/mol. The Hall–Kier alpha value is -8.15. The summed E-state index contributed by atoms with van der Waals surface area (Å²) in [5.74, 6) is 0.600. The zero-order valence-corrected chi connectivity index (χ0v) is 32.4. The quantitative estimate of drug-likeness (QED) is 0.162. The molecule has 3 heterocycles. The number of oxazole rings is 1. The molecule has 0 amide bonds. The van der Waals surface area contributed by atoms with E-state index in [0.717, 1.165) is 83.6 Å². The van der Waals surface area contributed by atoms with Crippen molar-refractivity contribution in [2.45, 2.75) is 0 Å². The summed E-state index contributed by atoms with van der Waals surface area (Å²) in [6, 6.07) is 74.7. The molecule has 0 aliphatic heterocycles. The van der Waals surface area contributed by atoms with Crippen LogP contribution in [0.1, 0.15) is 0 Å². The van der Waals surface area contributed by atoms with Crippen LogP contribution < -0.4 is 4.90 Å². The predicted molar refractivity (Wildman–Crippen MR) is 247 cm³/mol. The number of nitrogens with zero attached hydrogens (tertiary/aromatic N) is 3. The van der Waals surface area contributed by atoms with Crippen LogP contribution in [0.2, 0.25) is 0 Å². The highest BCUT2D eigenvalue weighted by Crippen LogP contribution is 2.45. The van der Waals surface area contributed by atoms with E-state index in [-0.39, 0.29) is 0 Å². The third kappa shape index (κ3) is 5.52. The van der Waals surface area contributed by atoms with E-state index in [1.54, 1.807) is 0 Å². The molecule has 9 aromatic carbocycles. The van der Waals surface area contributed by atoms with Gasteiger partial charge in [-0.3, -0.25) is 0 Å². The maximum atomic E-state index is 6.48. The zero-order chi connectivity index (χ0) is 39.6. The van der Waals surface area contributed by atoms with Crippen molar-refractivity contribution in [1.82, 2.24) is 9.55 Å². The first-order chi connectivity index (χ1) is 29.7. The summed E-state index contributed by atoms with van der Waals surface area (Å²) in [6.45, 7) is 0. The molecule has 12 rings (SSSR count). The monoisotopic (exact) mass is 769 g/mol. The van der Waals surface area contributed by atoms with Crippen LogP contribution in [0.25, 0.3) is 94.2 Å². The summed E-state index contributed by atoms with van der Waals surface area (Å²) in [4.78, 5) is 7.33. The normalized spacial score (nSPS) is 11.7.